The van der Waals surface area contributed by atoms with Crippen molar-refractivity contribution in [3.8, 4) is 0 Å². The van der Waals surface area contributed by atoms with Crippen LogP contribution in [0.2, 0.25) is 0 Å². The number of rotatable bonds is 6. The Labute approximate surface area is 96.3 Å². The molecule has 1 aliphatic rings. The van der Waals surface area contributed by atoms with Gasteiger partial charge in [-0.25, -0.2) is 0 Å². The van der Waals surface area contributed by atoms with E-state index in [9.17, 15) is 9.59 Å². The zero-order valence-corrected chi connectivity index (χ0v) is 10.2. The van der Waals surface area contributed by atoms with Crippen LogP contribution in [0.3, 0.4) is 0 Å². The third-order valence-electron chi connectivity index (χ3n) is 2.82. The third kappa shape index (κ3) is 4.18. The van der Waals surface area contributed by atoms with Gasteiger partial charge in [-0.05, 0) is 19.9 Å². The van der Waals surface area contributed by atoms with Gasteiger partial charge in [-0.2, -0.15) is 0 Å². The molecular weight excluding hydrogens is 208 g/mol. The Kier molecular flexibility index (Phi) is 4.73. The number of amides is 1. The first-order valence-corrected chi connectivity index (χ1v) is 5.55. The standard InChI is InChI=1S/C11H20N2O3/c1-12(7-6-11(15)16-3)8-10(14)13(2)9-4-5-9/h9H,4-8H2,1-3H3. The molecule has 0 aromatic carbocycles. The minimum atomic E-state index is -0.241. The van der Waals surface area contributed by atoms with E-state index in [-0.39, 0.29) is 11.9 Å². The molecule has 0 spiro atoms. The lowest BCUT2D eigenvalue weighted by atomic mass is 10.3. The lowest BCUT2D eigenvalue weighted by molar-refractivity contribution is -0.141. The summed E-state index contributed by atoms with van der Waals surface area (Å²) in [6, 6.07) is 0.446. The van der Waals surface area contributed by atoms with Crippen molar-refractivity contribution in [3.63, 3.8) is 0 Å². The molecule has 0 radical (unpaired) electrons. The largest absolute Gasteiger partial charge is 0.469 e. The molecule has 0 aromatic heterocycles. The number of carbonyl (C=O) groups is 2. The fraction of sp³-hybridized carbons (Fsp3) is 0.818. The first-order chi connectivity index (χ1) is 7.54. The van der Waals surface area contributed by atoms with Crippen LogP contribution in [0.1, 0.15) is 19.3 Å². The van der Waals surface area contributed by atoms with Gasteiger partial charge in [0.05, 0.1) is 20.1 Å². The van der Waals surface area contributed by atoms with Gasteiger partial charge in [0, 0.05) is 19.6 Å². The number of esters is 1. The fourth-order valence-electron chi connectivity index (χ4n) is 1.47. The zero-order chi connectivity index (χ0) is 12.1. The van der Waals surface area contributed by atoms with E-state index in [1.54, 1.807) is 4.90 Å². The van der Waals surface area contributed by atoms with Crippen molar-refractivity contribution in [2.24, 2.45) is 0 Å². The summed E-state index contributed by atoms with van der Waals surface area (Å²) in [6.07, 6.45) is 2.57. The van der Waals surface area contributed by atoms with Crippen molar-refractivity contribution in [1.82, 2.24) is 9.80 Å². The van der Waals surface area contributed by atoms with Crippen LogP contribution in [0.4, 0.5) is 0 Å². The molecule has 1 rings (SSSR count). The second-order valence-corrected chi connectivity index (χ2v) is 4.30. The summed E-state index contributed by atoms with van der Waals surface area (Å²) in [4.78, 5) is 26.3. The number of carbonyl (C=O) groups excluding carboxylic acids is 2. The summed E-state index contributed by atoms with van der Waals surface area (Å²) in [6.45, 7) is 0.918. The van der Waals surface area contributed by atoms with Gasteiger partial charge >= 0.3 is 5.97 Å². The van der Waals surface area contributed by atoms with Gasteiger partial charge in [0.15, 0.2) is 0 Å². The number of hydrogen-bond acceptors (Lipinski definition) is 4. The van der Waals surface area contributed by atoms with Crippen LogP contribution >= 0.6 is 0 Å². The normalized spacial score (nSPS) is 15.0. The topological polar surface area (TPSA) is 49.9 Å². The average molecular weight is 228 g/mol. The second kappa shape index (κ2) is 5.84. The van der Waals surface area contributed by atoms with Crippen LogP contribution in [0.15, 0.2) is 0 Å². The highest BCUT2D eigenvalue weighted by Crippen LogP contribution is 2.25. The van der Waals surface area contributed by atoms with Gasteiger partial charge in [-0.3, -0.25) is 14.5 Å². The van der Waals surface area contributed by atoms with Crippen LogP contribution in [0.25, 0.3) is 0 Å². The second-order valence-electron chi connectivity index (χ2n) is 4.30. The average Bonchev–Trinajstić information content (AvgIpc) is 3.08. The molecule has 0 N–H and O–H groups in total. The Hall–Kier alpha value is -1.10. The molecule has 1 fully saturated rings. The molecule has 0 saturated heterocycles. The highest BCUT2D eigenvalue weighted by atomic mass is 16.5. The molecular formula is C11H20N2O3. The van der Waals surface area contributed by atoms with Crippen molar-refractivity contribution in [3.05, 3.63) is 0 Å². The Morgan fingerprint density at radius 2 is 1.94 bits per heavy atom. The van der Waals surface area contributed by atoms with Crippen LogP contribution in [0, 0.1) is 0 Å². The molecule has 0 atom stereocenters. The predicted octanol–water partition coefficient (Wildman–Crippen LogP) is 0.102. The Morgan fingerprint density at radius 1 is 1.31 bits per heavy atom. The van der Waals surface area contributed by atoms with Crippen molar-refractivity contribution >= 4 is 11.9 Å². The van der Waals surface area contributed by atoms with E-state index in [0.717, 1.165) is 12.8 Å². The molecule has 0 bridgehead atoms. The van der Waals surface area contributed by atoms with Crippen molar-refractivity contribution in [2.45, 2.75) is 25.3 Å². The van der Waals surface area contributed by atoms with Gasteiger partial charge < -0.3 is 9.64 Å². The summed E-state index contributed by atoms with van der Waals surface area (Å²) < 4.78 is 4.54. The molecule has 0 heterocycles. The smallest absolute Gasteiger partial charge is 0.306 e. The molecule has 92 valence electrons. The minimum absolute atomic E-state index is 0.120. The lowest BCUT2D eigenvalue weighted by Gasteiger charge is -2.21. The molecule has 1 saturated carbocycles. The Morgan fingerprint density at radius 3 is 2.44 bits per heavy atom. The lowest BCUT2D eigenvalue weighted by Crippen LogP contribution is -2.38. The SMILES string of the molecule is COC(=O)CCN(C)CC(=O)N(C)C1CC1. The maximum atomic E-state index is 11.7. The minimum Gasteiger partial charge on any atom is -0.469 e. The van der Waals surface area contributed by atoms with Crippen LogP contribution in [-0.2, 0) is 14.3 Å². The molecule has 1 amide bonds. The van der Waals surface area contributed by atoms with E-state index in [4.69, 9.17) is 0 Å². The van der Waals surface area contributed by atoms with E-state index in [1.165, 1.54) is 7.11 Å². The Bertz CT molecular complexity index is 264. The summed E-state index contributed by atoms with van der Waals surface area (Å²) in [7, 11) is 5.05. The van der Waals surface area contributed by atoms with Crippen molar-refractivity contribution < 1.29 is 14.3 Å². The summed E-state index contributed by atoms with van der Waals surface area (Å²) in [5.41, 5.74) is 0. The maximum Gasteiger partial charge on any atom is 0.306 e. The molecule has 0 aliphatic heterocycles. The van der Waals surface area contributed by atoms with Gasteiger partial charge in [-0.15, -0.1) is 0 Å². The van der Waals surface area contributed by atoms with E-state index >= 15 is 0 Å². The van der Waals surface area contributed by atoms with E-state index < -0.39 is 0 Å². The van der Waals surface area contributed by atoms with E-state index in [1.807, 2.05) is 19.0 Å². The summed E-state index contributed by atoms with van der Waals surface area (Å²) in [5, 5.41) is 0. The van der Waals surface area contributed by atoms with Gasteiger partial charge in [-0.1, -0.05) is 0 Å². The number of methoxy groups -OCH3 is 1. The molecule has 5 heteroatoms. The maximum absolute atomic E-state index is 11.7. The first-order valence-electron chi connectivity index (χ1n) is 5.55. The molecule has 1 aliphatic carbocycles. The van der Waals surface area contributed by atoms with Gasteiger partial charge in [0.25, 0.3) is 0 Å². The van der Waals surface area contributed by atoms with E-state index in [2.05, 4.69) is 4.74 Å². The van der Waals surface area contributed by atoms with Gasteiger partial charge in [0.1, 0.15) is 0 Å². The Balaban J connectivity index is 2.19. The number of ether oxygens (including phenoxy) is 1. The molecule has 0 aromatic rings. The molecule has 0 unspecified atom stereocenters. The van der Waals surface area contributed by atoms with Crippen molar-refractivity contribution in [2.75, 3.05) is 34.3 Å². The fourth-order valence-corrected chi connectivity index (χ4v) is 1.47. The van der Waals surface area contributed by atoms with E-state index in [0.29, 0.717) is 25.6 Å². The quantitative estimate of drug-likeness (QED) is 0.605. The summed E-state index contributed by atoms with van der Waals surface area (Å²) >= 11 is 0. The van der Waals surface area contributed by atoms with Crippen LogP contribution in [-0.4, -0.2) is 62.0 Å². The third-order valence-corrected chi connectivity index (χ3v) is 2.82. The monoisotopic (exact) mass is 228 g/mol. The highest BCUT2D eigenvalue weighted by Gasteiger charge is 2.29. The van der Waals surface area contributed by atoms with Crippen LogP contribution < -0.4 is 0 Å². The number of hydrogen-bond donors (Lipinski definition) is 0. The predicted molar refractivity (Wildman–Crippen MR) is 59.9 cm³/mol. The number of likely N-dealkylation sites (N-methyl/N-ethyl adjacent to an activating group) is 2. The van der Waals surface area contributed by atoms with Crippen molar-refractivity contribution in [1.29, 1.82) is 0 Å². The zero-order valence-electron chi connectivity index (χ0n) is 10.2. The number of nitrogens with zero attached hydrogens (tertiary/aromatic N) is 2. The first kappa shape index (κ1) is 13.0. The highest BCUT2D eigenvalue weighted by molar-refractivity contribution is 5.78. The summed E-state index contributed by atoms with van der Waals surface area (Å²) in [5.74, 6) is -0.121. The molecule has 16 heavy (non-hydrogen) atoms. The van der Waals surface area contributed by atoms with Gasteiger partial charge in [0.2, 0.25) is 5.91 Å². The van der Waals surface area contributed by atoms with Crippen LogP contribution in [0.5, 0.6) is 0 Å². The molecule has 5 nitrogen and oxygen atoms in total.